The van der Waals surface area contributed by atoms with Gasteiger partial charge in [0.05, 0.1) is 11.8 Å². The molecule has 4 atom stereocenters. The fraction of sp³-hybridized carbons (Fsp3) is 0.889. The fourth-order valence-corrected chi connectivity index (χ4v) is 2.67. The van der Waals surface area contributed by atoms with Crippen molar-refractivity contribution in [2.24, 2.45) is 28.3 Å². The summed E-state index contributed by atoms with van der Waals surface area (Å²) in [5.74, 6) is 1.17. The molecule has 4 unspecified atom stereocenters. The molecule has 0 spiro atoms. The van der Waals surface area contributed by atoms with Crippen molar-refractivity contribution >= 4 is 5.71 Å². The Morgan fingerprint density at radius 3 is 2.33 bits per heavy atom. The van der Waals surface area contributed by atoms with Gasteiger partial charge in [0.25, 0.3) is 0 Å². The highest BCUT2D eigenvalue weighted by Crippen LogP contribution is 2.61. The van der Waals surface area contributed by atoms with Gasteiger partial charge in [-0.1, -0.05) is 25.9 Å². The van der Waals surface area contributed by atoms with Crippen LogP contribution in [-0.2, 0) is 0 Å². The van der Waals surface area contributed by atoms with E-state index in [0.29, 0.717) is 17.8 Å². The summed E-state index contributed by atoms with van der Waals surface area (Å²) in [6, 6.07) is 0. The highest BCUT2D eigenvalue weighted by atomic mass is 16.4. The van der Waals surface area contributed by atoms with E-state index < -0.39 is 0 Å². The predicted octanol–water partition coefficient (Wildman–Crippen LogP) is 1.10. The Morgan fingerprint density at radius 1 is 1.42 bits per heavy atom. The quantitative estimate of drug-likeness (QED) is 0.421. The molecule has 3 heteroatoms. The molecule has 2 rings (SSSR count). The van der Waals surface area contributed by atoms with Gasteiger partial charge in [-0.25, -0.2) is 0 Å². The Hall–Kier alpha value is -0.570. The van der Waals surface area contributed by atoms with Gasteiger partial charge in [-0.3, -0.25) is 0 Å². The Kier molecular flexibility index (Phi) is 1.35. The topological polar surface area (TPSA) is 52.8 Å². The first-order valence-corrected chi connectivity index (χ1v) is 4.42. The lowest BCUT2D eigenvalue weighted by atomic mass is 9.82. The molecule has 0 aliphatic heterocycles. The molecule has 0 radical (unpaired) electrons. The SMILES string of the molecule is CC1C2/C(=N\O)C(C)(C)C(O)C12. The van der Waals surface area contributed by atoms with E-state index in [1.807, 2.05) is 13.8 Å². The Labute approximate surface area is 72.1 Å². The van der Waals surface area contributed by atoms with Crippen molar-refractivity contribution in [2.45, 2.75) is 26.9 Å². The second-order valence-corrected chi connectivity index (χ2v) is 4.61. The van der Waals surface area contributed by atoms with Gasteiger partial charge in [0.2, 0.25) is 0 Å². The van der Waals surface area contributed by atoms with Crippen LogP contribution in [0, 0.1) is 23.2 Å². The van der Waals surface area contributed by atoms with Gasteiger partial charge < -0.3 is 10.3 Å². The van der Waals surface area contributed by atoms with E-state index in [0.717, 1.165) is 5.71 Å². The smallest absolute Gasteiger partial charge is 0.0690 e. The van der Waals surface area contributed by atoms with Crippen LogP contribution in [0.1, 0.15) is 20.8 Å². The summed E-state index contributed by atoms with van der Waals surface area (Å²) in [6.45, 7) is 5.97. The normalized spacial score (nSPS) is 52.5. The van der Waals surface area contributed by atoms with Crippen LogP contribution < -0.4 is 0 Å². The van der Waals surface area contributed by atoms with Gasteiger partial charge in [0.15, 0.2) is 0 Å². The number of fused-ring (bicyclic) bond motifs is 1. The van der Waals surface area contributed by atoms with Crippen molar-refractivity contribution in [2.75, 3.05) is 0 Å². The Morgan fingerprint density at radius 2 is 2.00 bits per heavy atom. The van der Waals surface area contributed by atoms with E-state index in [4.69, 9.17) is 5.21 Å². The maximum atomic E-state index is 9.85. The highest BCUT2D eigenvalue weighted by Gasteiger charge is 2.66. The third-order valence-electron chi connectivity index (χ3n) is 3.64. The van der Waals surface area contributed by atoms with E-state index >= 15 is 0 Å². The minimum Gasteiger partial charge on any atom is -0.411 e. The summed E-state index contributed by atoms with van der Waals surface area (Å²) in [6.07, 6.45) is -0.330. The van der Waals surface area contributed by atoms with Crippen molar-refractivity contribution in [3.05, 3.63) is 0 Å². The first-order valence-electron chi connectivity index (χ1n) is 4.42. The summed E-state index contributed by atoms with van der Waals surface area (Å²) < 4.78 is 0. The van der Waals surface area contributed by atoms with Gasteiger partial charge in [0, 0.05) is 11.3 Å². The van der Waals surface area contributed by atoms with E-state index in [1.54, 1.807) is 0 Å². The van der Waals surface area contributed by atoms with E-state index in [-0.39, 0.29) is 11.5 Å². The first kappa shape index (κ1) is 8.05. The lowest BCUT2D eigenvalue weighted by Crippen LogP contribution is -2.34. The standard InChI is InChI=1S/C9H15NO2/c1-4-5-6(4)8(11)9(2,3)7(5)10-12/h4-6,8,11-12H,1-3H3/b10-7+. The summed E-state index contributed by atoms with van der Waals surface area (Å²) in [5, 5.41) is 22.0. The van der Waals surface area contributed by atoms with Crippen LogP contribution in [0.5, 0.6) is 0 Å². The highest BCUT2D eigenvalue weighted by molar-refractivity contribution is 5.97. The number of aliphatic hydroxyl groups excluding tert-OH is 1. The molecule has 2 aliphatic rings. The lowest BCUT2D eigenvalue weighted by molar-refractivity contribution is 0.0780. The molecule has 0 aromatic carbocycles. The molecule has 3 nitrogen and oxygen atoms in total. The second-order valence-electron chi connectivity index (χ2n) is 4.61. The van der Waals surface area contributed by atoms with Crippen LogP contribution in [0.4, 0.5) is 0 Å². The molecule has 2 N–H and O–H groups in total. The van der Waals surface area contributed by atoms with Crippen molar-refractivity contribution in [1.82, 2.24) is 0 Å². The van der Waals surface area contributed by atoms with E-state index in [1.165, 1.54) is 0 Å². The second kappa shape index (κ2) is 2.02. The molecule has 0 bridgehead atoms. The van der Waals surface area contributed by atoms with Gasteiger partial charge in [-0.2, -0.15) is 0 Å². The number of aliphatic hydroxyl groups is 1. The molecule has 0 saturated heterocycles. The van der Waals surface area contributed by atoms with Crippen LogP contribution >= 0.6 is 0 Å². The van der Waals surface area contributed by atoms with Gasteiger partial charge >= 0.3 is 0 Å². The molecule has 0 amide bonds. The maximum absolute atomic E-state index is 9.85. The molecule has 2 saturated carbocycles. The third-order valence-corrected chi connectivity index (χ3v) is 3.64. The zero-order valence-corrected chi connectivity index (χ0v) is 7.65. The molecule has 2 aliphatic carbocycles. The molecule has 2 fully saturated rings. The maximum Gasteiger partial charge on any atom is 0.0690 e. The third kappa shape index (κ3) is 0.678. The Bertz CT molecular complexity index is 247. The van der Waals surface area contributed by atoms with Gasteiger partial charge in [-0.15, -0.1) is 0 Å². The van der Waals surface area contributed by atoms with Crippen LogP contribution in [0.15, 0.2) is 5.16 Å². The van der Waals surface area contributed by atoms with E-state index in [2.05, 4.69) is 12.1 Å². The molecule has 0 heterocycles. The minimum absolute atomic E-state index is 0.323. The number of oxime groups is 1. The molecular formula is C9H15NO2. The number of nitrogens with zero attached hydrogens (tertiary/aromatic N) is 1. The number of rotatable bonds is 0. The van der Waals surface area contributed by atoms with Gasteiger partial charge in [0.1, 0.15) is 0 Å². The summed E-state index contributed by atoms with van der Waals surface area (Å²) in [5.41, 5.74) is 0.462. The molecule has 0 aromatic rings. The van der Waals surface area contributed by atoms with Crippen LogP contribution in [0.25, 0.3) is 0 Å². The van der Waals surface area contributed by atoms with Gasteiger partial charge in [-0.05, 0) is 11.8 Å². The first-order chi connectivity index (χ1) is 5.51. The van der Waals surface area contributed by atoms with Crippen LogP contribution in [-0.4, -0.2) is 22.1 Å². The van der Waals surface area contributed by atoms with Crippen LogP contribution in [0.3, 0.4) is 0 Å². The molecule has 12 heavy (non-hydrogen) atoms. The van der Waals surface area contributed by atoms with Crippen molar-refractivity contribution in [3.8, 4) is 0 Å². The molecule has 68 valence electrons. The average Bonchev–Trinajstić information content (AvgIpc) is 2.55. The van der Waals surface area contributed by atoms with E-state index in [9.17, 15) is 5.11 Å². The van der Waals surface area contributed by atoms with Crippen molar-refractivity contribution in [1.29, 1.82) is 0 Å². The predicted molar refractivity (Wildman–Crippen MR) is 45.2 cm³/mol. The zero-order valence-electron chi connectivity index (χ0n) is 7.65. The number of hydrogen-bond acceptors (Lipinski definition) is 3. The fourth-order valence-electron chi connectivity index (χ4n) is 2.67. The monoisotopic (exact) mass is 169 g/mol. The van der Waals surface area contributed by atoms with Crippen molar-refractivity contribution in [3.63, 3.8) is 0 Å². The summed E-state index contributed by atoms with van der Waals surface area (Å²) >= 11 is 0. The summed E-state index contributed by atoms with van der Waals surface area (Å²) in [4.78, 5) is 0. The Balaban J connectivity index is 2.35. The average molecular weight is 169 g/mol. The largest absolute Gasteiger partial charge is 0.411 e. The zero-order chi connectivity index (χ0) is 9.09. The number of hydrogen-bond donors (Lipinski definition) is 2. The summed E-state index contributed by atoms with van der Waals surface area (Å²) in [7, 11) is 0. The van der Waals surface area contributed by atoms with Crippen LogP contribution in [0.2, 0.25) is 0 Å². The lowest BCUT2D eigenvalue weighted by Gasteiger charge is -2.26. The molecule has 0 aromatic heterocycles. The van der Waals surface area contributed by atoms with Crippen molar-refractivity contribution < 1.29 is 10.3 Å². The minimum atomic E-state index is -0.330. The molecular weight excluding hydrogens is 154 g/mol.